The number of halogens is 5. The van der Waals surface area contributed by atoms with Crippen LogP contribution in [0.15, 0.2) is 18.2 Å². The van der Waals surface area contributed by atoms with Crippen LogP contribution in [-0.4, -0.2) is 89.6 Å². The number of aromatic nitrogens is 3. The Hall–Kier alpha value is -3.89. The summed E-state index contributed by atoms with van der Waals surface area (Å²) < 4.78 is 81.0. The number of amides is 1. The summed E-state index contributed by atoms with van der Waals surface area (Å²) in [5.74, 6) is -2.23. The molecule has 16 heteroatoms. The summed E-state index contributed by atoms with van der Waals surface area (Å²) in [4.78, 5) is 30.2. The Kier molecular flexibility index (Phi) is 7.92. The highest BCUT2D eigenvalue weighted by Crippen LogP contribution is 2.46. The fourth-order valence-corrected chi connectivity index (χ4v) is 6.60. The van der Waals surface area contributed by atoms with Gasteiger partial charge in [-0.15, -0.1) is 0 Å². The first-order chi connectivity index (χ1) is 21.0. The van der Waals surface area contributed by atoms with Crippen molar-refractivity contribution in [3.63, 3.8) is 0 Å². The molecule has 0 bridgehead atoms. The number of nitrogen functional groups attached to an aromatic ring is 1. The normalized spacial score (nSPS) is 18.1. The molecule has 2 aromatic carbocycles. The van der Waals surface area contributed by atoms with Gasteiger partial charge in [0.15, 0.2) is 10.9 Å². The van der Waals surface area contributed by atoms with Crippen LogP contribution in [0.25, 0.3) is 32.2 Å². The van der Waals surface area contributed by atoms with E-state index >= 15 is 4.39 Å². The first-order valence-corrected chi connectivity index (χ1v) is 14.8. The van der Waals surface area contributed by atoms with Crippen LogP contribution in [-0.2, 0) is 11.0 Å². The fourth-order valence-electron chi connectivity index (χ4n) is 5.83. The molecule has 2 aromatic heterocycles. The van der Waals surface area contributed by atoms with E-state index in [4.69, 9.17) is 16.2 Å². The molecule has 0 spiro atoms. The topological polar surface area (TPSA) is 127 Å². The van der Waals surface area contributed by atoms with Gasteiger partial charge in [0, 0.05) is 48.7 Å². The maximum Gasteiger partial charge on any atom is 0.417 e. The Morgan fingerprint density at radius 1 is 1.09 bits per heavy atom. The molecule has 0 saturated carbocycles. The van der Waals surface area contributed by atoms with Gasteiger partial charge in [-0.3, -0.25) is 4.79 Å². The summed E-state index contributed by atoms with van der Waals surface area (Å²) in [5.41, 5.74) is 8.27. The number of carbonyl (C=O) groups is 1. The molecule has 2 fully saturated rings. The van der Waals surface area contributed by atoms with Gasteiger partial charge in [0.2, 0.25) is 5.91 Å². The number of rotatable bonds is 6. The molecule has 6 rings (SSSR count). The van der Waals surface area contributed by atoms with Crippen molar-refractivity contribution in [2.24, 2.45) is 5.73 Å². The number of likely N-dealkylation sites (N-methyl/N-ethyl adjacent to an activating group) is 1. The van der Waals surface area contributed by atoms with Crippen molar-refractivity contribution in [1.82, 2.24) is 24.8 Å². The number of hydrogen-bond donors (Lipinski definition) is 2. The molecule has 4 aromatic rings. The third-order valence-corrected chi connectivity index (χ3v) is 9.05. The van der Waals surface area contributed by atoms with Gasteiger partial charge in [0.25, 0.3) is 0 Å². The van der Waals surface area contributed by atoms with Gasteiger partial charge in [0.05, 0.1) is 22.3 Å². The van der Waals surface area contributed by atoms with Crippen LogP contribution < -0.4 is 21.1 Å². The van der Waals surface area contributed by atoms with Crippen LogP contribution >= 0.6 is 11.3 Å². The van der Waals surface area contributed by atoms with Gasteiger partial charge in [-0.05, 0) is 44.6 Å². The van der Waals surface area contributed by atoms with Crippen molar-refractivity contribution in [1.29, 1.82) is 0 Å². The van der Waals surface area contributed by atoms with E-state index in [2.05, 4.69) is 19.9 Å². The van der Waals surface area contributed by atoms with E-state index < -0.39 is 34.5 Å². The van der Waals surface area contributed by atoms with Crippen LogP contribution in [0.4, 0.5) is 32.9 Å². The number of thiazole rings is 1. The van der Waals surface area contributed by atoms with Crippen LogP contribution in [0, 0.1) is 11.6 Å². The number of alkyl halides is 3. The molecule has 44 heavy (non-hydrogen) atoms. The molecule has 234 valence electrons. The van der Waals surface area contributed by atoms with Crippen molar-refractivity contribution < 1.29 is 31.5 Å². The van der Waals surface area contributed by atoms with Crippen molar-refractivity contribution in [3.8, 4) is 17.1 Å². The number of nitrogens with zero attached hydrogens (tertiary/aromatic N) is 6. The van der Waals surface area contributed by atoms with E-state index in [0.717, 1.165) is 48.9 Å². The number of ether oxygens (including phenoxy) is 1. The minimum atomic E-state index is -5.02. The minimum absolute atomic E-state index is 0.0442. The number of carbonyl (C=O) groups excluding carboxylic acids is 1. The van der Waals surface area contributed by atoms with Crippen LogP contribution in [0.5, 0.6) is 6.01 Å². The van der Waals surface area contributed by atoms with Gasteiger partial charge in [-0.1, -0.05) is 11.3 Å². The molecule has 0 radical (unpaired) electrons. The number of hydrogen-bond acceptors (Lipinski definition) is 10. The molecule has 0 unspecified atom stereocenters. The number of benzene rings is 2. The van der Waals surface area contributed by atoms with Crippen LogP contribution in [0.2, 0.25) is 0 Å². The second kappa shape index (κ2) is 11.6. The van der Waals surface area contributed by atoms with E-state index in [1.54, 1.807) is 9.80 Å². The largest absolute Gasteiger partial charge is 0.462 e. The van der Waals surface area contributed by atoms with Crippen molar-refractivity contribution in [2.75, 3.05) is 63.6 Å². The molecule has 4 heterocycles. The predicted octanol–water partition coefficient (Wildman–Crippen LogP) is 3.87. The standard InChI is InChI=1S/C28H29F5N8O2S/c1-39-6-2-3-14(39)13-43-27-37-22-16(25(38-27)41-9-7-40(8-10-41)19(42)12-34)11-17(28(31,32)33)20(21(22)30)15-4-5-18(29)24-23(15)36-26(35)44-24/h4-5,11,14H,2-3,6-10,12-13,34H2,1H3,(H2,35,36)/t14-/m0/s1. The zero-order valence-electron chi connectivity index (χ0n) is 23.6. The highest BCUT2D eigenvalue weighted by molar-refractivity contribution is 7.22. The van der Waals surface area contributed by atoms with Crippen molar-refractivity contribution >= 4 is 49.3 Å². The molecular weight excluding hydrogens is 607 g/mol. The smallest absolute Gasteiger partial charge is 0.417 e. The minimum Gasteiger partial charge on any atom is -0.462 e. The average Bonchev–Trinajstić information content (AvgIpc) is 3.60. The van der Waals surface area contributed by atoms with Gasteiger partial charge in [-0.25, -0.2) is 13.8 Å². The molecule has 10 nitrogen and oxygen atoms in total. The van der Waals surface area contributed by atoms with E-state index in [-0.39, 0.29) is 89.4 Å². The van der Waals surface area contributed by atoms with Gasteiger partial charge >= 0.3 is 12.2 Å². The molecule has 2 aliphatic rings. The first kappa shape index (κ1) is 30.1. The monoisotopic (exact) mass is 636 g/mol. The third kappa shape index (κ3) is 5.45. The van der Waals surface area contributed by atoms with Gasteiger partial charge < -0.3 is 30.9 Å². The summed E-state index contributed by atoms with van der Waals surface area (Å²) in [6.07, 6.45) is -3.16. The molecule has 1 amide bonds. The fraction of sp³-hybridized carbons (Fsp3) is 0.429. The molecule has 4 N–H and O–H groups in total. The Bertz CT molecular complexity index is 1740. The van der Waals surface area contributed by atoms with E-state index in [9.17, 15) is 22.4 Å². The lowest BCUT2D eigenvalue weighted by Gasteiger charge is -2.36. The summed E-state index contributed by atoms with van der Waals surface area (Å²) in [7, 11) is 1.95. The van der Waals surface area contributed by atoms with E-state index in [0.29, 0.717) is 0 Å². The molecule has 2 aliphatic heterocycles. The highest BCUT2D eigenvalue weighted by atomic mass is 32.1. The number of likely N-dealkylation sites (tertiary alicyclic amines) is 1. The maximum absolute atomic E-state index is 16.6. The lowest BCUT2D eigenvalue weighted by atomic mass is 9.95. The number of anilines is 2. The first-order valence-electron chi connectivity index (χ1n) is 14.0. The summed E-state index contributed by atoms with van der Waals surface area (Å²) in [6, 6.07) is 2.69. The second-order valence-electron chi connectivity index (χ2n) is 10.8. The zero-order chi connectivity index (χ0) is 31.3. The Morgan fingerprint density at radius 2 is 1.84 bits per heavy atom. The van der Waals surface area contributed by atoms with Gasteiger partial charge in [0.1, 0.15) is 23.8 Å². The third-order valence-electron chi connectivity index (χ3n) is 8.16. The van der Waals surface area contributed by atoms with Crippen LogP contribution in [0.1, 0.15) is 18.4 Å². The second-order valence-corrected chi connectivity index (χ2v) is 11.9. The van der Waals surface area contributed by atoms with Crippen molar-refractivity contribution in [3.05, 3.63) is 35.4 Å². The molecule has 2 saturated heterocycles. The Morgan fingerprint density at radius 3 is 2.50 bits per heavy atom. The maximum atomic E-state index is 16.6. The predicted molar refractivity (Wildman–Crippen MR) is 156 cm³/mol. The summed E-state index contributed by atoms with van der Waals surface area (Å²) >= 11 is 0.752. The highest BCUT2D eigenvalue weighted by Gasteiger charge is 2.38. The zero-order valence-corrected chi connectivity index (χ0v) is 24.4. The lowest BCUT2D eigenvalue weighted by molar-refractivity contribution is -0.137. The SMILES string of the molecule is CN1CCC[C@H]1COc1nc(N2CCN(C(=O)CN)CC2)c2cc(C(F)(F)F)c(-c3ccc(F)c4sc(N)nc34)c(F)c2n1. The number of fused-ring (bicyclic) bond motifs is 2. The Labute approximate surface area is 252 Å². The molecule has 0 aliphatic carbocycles. The summed E-state index contributed by atoms with van der Waals surface area (Å²) in [6.45, 7) is 1.83. The van der Waals surface area contributed by atoms with Gasteiger partial charge in [-0.2, -0.15) is 23.1 Å². The quantitative estimate of drug-likeness (QED) is 0.304. The molecular formula is C28H29F5N8O2S. The van der Waals surface area contributed by atoms with E-state index in [1.807, 2.05) is 7.05 Å². The average molecular weight is 637 g/mol. The summed E-state index contributed by atoms with van der Waals surface area (Å²) in [5, 5.41) is -0.260. The number of nitrogens with two attached hydrogens (primary N) is 2. The van der Waals surface area contributed by atoms with Crippen molar-refractivity contribution in [2.45, 2.75) is 25.1 Å². The molecule has 1 atom stereocenters. The van der Waals surface area contributed by atoms with E-state index in [1.165, 1.54) is 0 Å². The van der Waals surface area contributed by atoms with Crippen LogP contribution in [0.3, 0.4) is 0 Å². The Balaban J connectivity index is 1.54. The lowest BCUT2D eigenvalue weighted by Crippen LogP contribution is -2.50. The number of piperazine rings is 1.